The largest absolute Gasteiger partial charge is 0.377 e. The number of alkyl halides is 1. The Morgan fingerprint density at radius 2 is 1.95 bits per heavy atom. The summed E-state index contributed by atoms with van der Waals surface area (Å²) in [4.78, 5) is 12.0. The molecule has 0 spiro atoms. The lowest BCUT2D eigenvalue weighted by Gasteiger charge is -2.18. The maximum atomic E-state index is 12.0. The molecule has 0 saturated heterocycles. The van der Waals surface area contributed by atoms with Gasteiger partial charge in [-0.3, -0.25) is 4.79 Å². The average molecular weight is 392 g/mol. The highest BCUT2D eigenvalue weighted by molar-refractivity contribution is 14.1. The summed E-state index contributed by atoms with van der Waals surface area (Å²) in [6, 6.07) is 0. The van der Waals surface area contributed by atoms with Gasteiger partial charge in [0, 0.05) is 16.8 Å². The van der Waals surface area contributed by atoms with E-state index in [2.05, 4.69) is 35.6 Å². The van der Waals surface area contributed by atoms with Crippen molar-refractivity contribution in [2.75, 3.05) is 13.2 Å². The van der Waals surface area contributed by atoms with Gasteiger partial charge in [0.25, 0.3) is 0 Å². The summed E-state index contributed by atoms with van der Waals surface area (Å²) in [6.45, 7) is 3.78. The summed E-state index contributed by atoms with van der Waals surface area (Å²) in [5, 5.41) is 0. The van der Waals surface area contributed by atoms with Crippen LogP contribution in [0.4, 0.5) is 0 Å². The van der Waals surface area contributed by atoms with E-state index in [0.29, 0.717) is 16.1 Å². The van der Waals surface area contributed by atoms with E-state index in [9.17, 15) is 4.79 Å². The number of carbonyl (C=O) groups excluding carboxylic acids is 1. The van der Waals surface area contributed by atoms with E-state index >= 15 is 0 Å². The standard InChI is InChI=1S/C17H29IO2/c1-2-3-4-5-6-7-8-9-16(19)14-17(18)15-10-12-20-13-11-15/h10,17H,2-9,11-14H2,1H3. The van der Waals surface area contributed by atoms with Gasteiger partial charge in [-0.1, -0.05) is 79.7 Å². The Bertz CT molecular complexity index is 299. The molecule has 0 aromatic rings. The molecule has 0 fully saturated rings. The van der Waals surface area contributed by atoms with Crippen LogP contribution in [0, 0.1) is 0 Å². The molecule has 0 N–H and O–H groups in total. The fraction of sp³-hybridized carbons (Fsp3) is 0.824. The fourth-order valence-electron chi connectivity index (χ4n) is 2.54. The number of ketones is 1. The topological polar surface area (TPSA) is 26.3 Å². The van der Waals surface area contributed by atoms with Gasteiger partial charge in [-0.2, -0.15) is 0 Å². The van der Waals surface area contributed by atoms with Crippen LogP contribution in [0.2, 0.25) is 0 Å². The number of halogens is 1. The van der Waals surface area contributed by atoms with Crippen LogP contribution >= 0.6 is 22.6 Å². The minimum Gasteiger partial charge on any atom is -0.377 e. The van der Waals surface area contributed by atoms with Crippen molar-refractivity contribution >= 4 is 28.4 Å². The number of Topliss-reactive ketones (excluding diaryl/α,β-unsaturated/α-hetero) is 1. The number of hydrogen-bond acceptors (Lipinski definition) is 2. The van der Waals surface area contributed by atoms with E-state index in [1.807, 2.05) is 0 Å². The number of carbonyl (C=O) groups is 1. The minimum absolute atomic E-state index is 0.383. The van der Waals surface area contributed by atoms with Crippen LogP contribution < -0.4 is 0 Å². The second kappa shape index (κ2) is 11.7. The molecule has 0 aromatic heterocycles. The van der Waals surface area contributed by atoms with Crippen molar-refractivity contribution < 1.29 is 9.53 Å². The van der Waals surface area contributed by atoms with Crippen LogP contribution in [-0.4, -0.2) is 22.9 Å². The Hall–Kier alpha value is 0.1000. The summed E-state index contributed by atoms with van der Waals surface area (Å²) >= 11 is 2.41. The van der Waals surface area contributed by atoms with E-state index in [1.54, 1.807) is 0 Å². The summed E-state index contributed by atoms with van der Waals surface area (Å²) in [5.41, 5.74) is 1.41. The molecular formula is C17H29IO2. The minimum atomic E-state index is 0.383. The summed E-state index contributed by atoms with van der Waals surface area (Å²) in [5.74, 6) is 0.436. The van der Waals surface area contributed by atoms with Gasteiger partial charge in [0.1, 0.15) is 5.78 Å². The Morgan fingerprint density at radius 3 is 2.60 bits per heavy atom. The van der Waals surface area contributed by atoms with E-state index in [4.69, 9.17) is 4.74 Å². The highest BCUT2D eigenvalue weighted by Crippen LogP contribution is 2.23. The summed E-state index contributed by atoms with van der Waals surface area (Å²) in [6.07, 6.45) is 13.6. The van der Waals surface area contributed by atoms with Gasteiger partial charge in [-0.05, 0) is 12.8 Å². The molecule has 20 heavy (non-hydrogen) atoms. The first-order valence-electron chi connectivity index (χ1n) is 8.16. The Morgan fingerprint density at radius 1 is 1.25 bits per heavy atom. The van der Waals surface area contributed by atoms with Gasteiger partial charge in [-0.25, -0.2) is 0 Å². The lowest BCUT2D eigenvalue weighted by atomic mass is 10.0. The second-order valence-electron chi connectivity index (χ2n) is 5.69. The van der Waals surface area contributed by atoms with Gasteiger partial charge in [0.2, 0.25) is 0 Å². The smallest absolute Gasteiger partial charge is 0.134 e. The van der Waals surface area contributed by atoms with Crippen LogP contribution in [0.25, 0.3) is 0 Å². The van der Waals surface area contributed by atoms with Crippen LogP contribution in [0.1, 0.15) is 71.1 Å². The third kappa shape index (κ3) is 8.40. The van der Waals surface area contributed by atoms with Gasteiger partial charge < -0.3 is 4.74 Å². The van der Waals surface area contributed by atoms with Gasteiger partial charge >= 0.3 is 0 Å². The highest BCUT2D eigenvalue weighted by atomic mass is 127. The molecule has 1 aliphatic rings. The number of unbranched alkanes of at least 4 members (excludes halogenated alkanes) is 6. The molecular weight excluding hydrogens is 363 g/mol. The molecule has 0 aliphatic carbocycles. The van der Waals surface area contributed by atoms with E-state index in [1.165, 1.54) is 44.1 Å². The molecule has 116 valence electrons. The second-order valence-corrected chi connectivity index (χ2v) is 7.19. The first-order valence-corrected chi connectivity index (χ1v) is 9.41. The predicted octanol–water partition coefficient (Wildman–Crippen LogP) is 5.24. The Kier molecular flexibility index (Phi) is 10.6. The monoisotopic (exact) mass is 392 g/mol. The highest BCUT2D eigenvalue weighted by Gasteiger charge is 2.16. The van der Waals surface area contributed by atoms with Crippen LogP contribution in [-0.2, 0) is 9.53 Å². The molecule has 0 amide bonds. The quantitative estimate of drug-likeness (QED) is 0.208. The zero-order chi connectivity index (χ0) is 14.6. The first kappa shape index (κ1) is 18.1. The zero-order valence-corrected chi connectivity index (χ0v) is 15.0. The fourth-order valence-corrected chi connectivity index (χ4v) is 3.60. The van der Waals surface area contributed by atoms with E-state index < -0.39 is 0 Å². The van der Waals surface area contributed by atoms with Crippen molar-refractivity contribution in [2.24, 2.45) is 0 Å². The molecule has 1 heterocycles. The lowest BCUT2D eigenvalue weighted by molar-refractivity contribution is -0.119. The third-order valence-corrected chi connectivity index (χ3v) is 5.11. The molecule has 1 rings (SSSR count). The van der Waals surface area contributed by atoms with Crippen molar-refractivity contribution in [3.05, 3.63) is 11.6 Å². The molecule has 1 atom stereocenters. The molecule has 1 aliphatic heterocycles. The van der Waals surface area contributed by atoms with Crippen LogP contribution in [0.5, 0.6) is 0 Å². The molecule has 0 saturated carbocycles. The number of rotatable bonds is 11. The van der Waals surface area contributed by atoms with Gasteiger partial charge in [0.15, 0.2) is 0 Å². The van der Waals surface area contributed by atoms with Crippen molar-refractivity contribution in [3.63, 3.8) is 0 Å². The first-order chi connectivity index (χ1) is 9.74. The molecule has 0 aromatic carbocycles. The molecule has 0 bridgehead atoms. The lowest BCUT2D eigenvalue weighted by Crippen LogP contribution is -2.15. The number of hydrogen-bond donors (Lipinski definition) is 0. The Labute approximate surface area is 137 Å². The molecule has 1 unspecified atom stereocenters. The SMILES string of the molecule is CCCCCCCCCC(=O)CC(I)C1=CCOCC1. The molecule has 2 nitrogen and oxygen atoms in total. The number of ether oxygens (including phenoxy) is 1. The molecule has 0 radical (unpaired) electrons. The predicted molar refractivity (Wildman–Crippen MR) is 93.6 cm³/mol. The summed E-state index contributed by atoms with van der Waals surface area (Å²) in [7, 11) is 0. The van der Waals surface area contributed by atoms with Crippen molar-refractivity contribution in [1.29, 1.82) is 0 Å². The maximum Gasteiger partial charge on any atom is 0.134 e. The average Bonchev–Trinajstić information content (AvgIpc) is 2.47. The third-order valence-electron chi connectivity index (χ3n) is 3.87. The zero-order valence-electron chi connectivity index (χ0n) is 12.8. The summed E-state index contributed by atoms with van der Waals surface area (Å²) < 4.78 is 5.69. The van der Waals surface area contributed by atoms with Crippen molar-refractivity contribution in [1.82, 2.24) is 0 Å². The maximum absolute atomic E-state index is 12.0. The van der Waals surface area contributed by atoms with Gasteiger partial charge in [0.05, 0.1) is 13.2 Å². The van der Waals surface area contributed by atoms with Crippen molar-refractivity contribution in [2.45, 2.75) is 75.1 Å². The van der Waals surface area contributed by atoms with Gasteiger partial charge in [-0.15, -0.1) is 0 Å². The van der Waals surface area contributed by atoms with E-state index in [-0.39, 0.29) is 0 Å². The van der Waals surface area contributed by atoms with Crippen molar-refractivity contribution in [3.8, 4) is 0 Å². The normalized spacial score (nSPS) is 16.8. The van der Waals surface area contributed by atoms with E-state index in [0.717, 1.165) is 32.5 Å². The molecule has 3 heteroatoms. The Balaban J connectivity index is 2.03. The van der Waals surface area contributed by atoms with Crippen LogP contribution in [0.3, 0.4) is 0 Å². The van der Waals surface area contributed by atoms with Crippen LogP contribution in [0.15, 0.2) is 11.6 Å².